The third kappa shape index (κ3) is 4.55. The summed E-state index contributed by atoms with van der Waals surface area (Å²) in [4.78, 5) is 31.9. The Hall–Kier alpha value is -3.82. The first kappa shape index (κ1) is 23.9. The molecule has 0 unspecified atom stereocenters. The summed E-state index contributed by atoms with van der Waals surface area (Å²) in [6, 6.07) is 16.6. The molecule has 2 aromatic heterocycles. The van der Waals surface area contributed by atoms with E-state index in [9.17, 15) is 4.79 Å². The molecule has 1 fully saturated rings. The topological polar surface area (TPSA) is 84.8 Å². The van der Waals surface area contributed by atoms with Crippen LogP contribution in [0.15, 0.2) is 59.4 Å². The van der Waals surface area contributed by atoms with Gasteiger partial charge in [-0.05, 0) is 49.5 Å². The van der Waals surface area contributed by atoms with E-state index in [1.165, 1.54) is 18.9 Å². The van der Waals surface area contributed by atoms with Crippen molar-refractivity contribution in [1.29, 1.82) is 0 Å². The number of nitrogens with one attached hydrogen (secondary N) is 1. The SMILES string of the molecule is COc1cccc(Cl)c1-c1nc(Nc2ccc(N3CCN(C)CC3)cc2)nc2c1ccc(=O)n2OC. The number of aromatic nitrogens is 3. The number of methoxy groups -OCH3 is 1. The summed E-state index contributed by atoms with van der Waals surface area (Å²) in [5, 5.41) is 4.33. The van der Waals surface area contributed by atoms with E-state index in [-0.39, 0.29) is 5.56 Å². The van der Waals surface area contributed by atoms with Crippen LogP contribution in [0, 0.1) is 0 Å². The Bertz CT molecular complexity index is 1450. The van der Waals surface area contributed by atoms with E-state index in [0.717, 1.165) is 36.6 Å². The molecule has 1 saturated heterocycles. The molecule has 1 N–H and O–H groups in total. The van der Waals surface area contributed by atoms with E-state index in [1.807, 2.05) is 18.2 Å². The van der Waals surface area contributed by atoms with Crippen molar-refractivity contribution < 1.29 is 9.57 Å². The lowest BCUT2D eigenvalue weighted by Gasteiger charge is -2.34. The molecule has 1 aliphatic rings. The van der Waals surface area contributed by atoms with E-state index < -0.39 is 0 Å². The normalized spacial score (nSPS) is 14.2. The molecular weight excluding hydrogens is 480 g/mol. The zero-order chi connectivity index (χ0) is 25.2. The standard InChI is InChI=1S/C26H27ClN6O3/c1-31-13-15-32(16-14-31)18-9-7-17(8-10-18)28-26-29-24(23-20(27)5-4-6-21(23)35-2)19-11-12-22(34)33(36-3)25(19)30-26/h4-12H,13-16H2,1-3H3,(H,28,29,30). The summed E-state index contributed by atoms with van der Waals surface area (Å²) in [6.45, 7) is 4.07. The minimum Gasteiger partial charge on any atom is -0.496 e. The van der Waals surface area contributed by atoms with Crippen LogP contribution in [0.4, 0.5) is 17.3 Å². The third-order valence-corrected chi connectivity index (χ3v) is 6.63. The van der Waals surface area contributed by atoms with Crippen LogP contribution in [0.25, 0.3) is 22.3 Å². The molecule has 0 radical (unpaired) electrons. The summed E-state index contributed by atoms with van der Waals surface area (Å²) < 4.78 is 6.70. The Morgan fingerprint density at radius 2 is 1.69 bits per heavy atom. The van der Waals surface area contributed by atoms with E-state index in [0.29, 0.717) is 39.0 Å². The Morgan fingerprint density at radius 1 is 0.944 bits per heavy atom. The molecule has 1 aliphatic heterocycles. The van der Waals surface area contributed by atoms with Crippen LogP contribution in [-0.2, 0) is 0 Å². The molecule has 5 rings (SSSR count). The molecule has 0 bridgehead atoms. The van der Waals surface area contributed by atoms with Crippen LogP contribution in [0.1, 0.15) is 0 Å². The van der Waals surface area contributed by atoms with E-state index in [2.05, 4.69) is 39.3 Å². The number of anilines is 3. The summed E-state index contributed by atoms with van der Waals surface area (Å²) in [5.41, 5.74) is 3.07. The number of hydrogen-bond acceptors (Lipinski definition) is 8. The fraction of sp³-hybridized carbons (Fsp3) is 0.269. The lowest BCUT2D eigenvalue weighted by Crippen LogP contribution is -2.44. The number of likely N-dealkylation sites (N-methyl/N-ethyl adjacent to an activating group) is 1. The maximum atomic E-state index is 12.5. The van der Waals surface area contributed by atoms with Crippen LogP contribution in [0.5, 0.6) is 5.75 Å². The van der Waals surface area contributed by atoms with Crippen molar-refractivity contribution in [3.8, 4) is 17.0 Å². The number of halogens is 1. The summed E-state index contributed by atoms with van der Waals surface area (Å²) in [7, 11) is 5.14. The highest BCUT2D eigenvalue weighted by atomic mass is 35.5. The van der Waals surface area contributed by atoms with Gasteiger partial charge in [-0.1, -0.05) is 17.7 Å². The van der Waals surface area contributed by atoms with Gasteiger partial charge in [0.25, 0.3) is 5.56 Å². The van der Waals surface area contributed by atoms with Gasteiger partial charge in [0, 0.05) is 49.0 Å². The maximum absolute atomic E-state index is 12.5. The summed E-state index contributed by atoms with van der Waals surface area (Å²) in [5.74, 6) is 0.850. The zero-order valence-corrected chi connectivity index (χ0v) is 21.1. The van der Waals surface area contributed by atoms with Crippen LogP contribution in [0.3, 0.4) is 0 Å². The van der Waals surface area contributed by atoms with Gasteiger partial charge in [0.15, 0.2) is 5.65 Å². The molecule has 4 aromatic rings. The second kappa shape index (κ2) is 10.0. The van der Waals surface area contributed by atoms with Crippen LogP contribution >= 0.6 is 11.6 Å². The summed E-state index contributed by atoms with van der Waals surface area (Å²) >= 11 is 6.59. The number of fused-ring (bicyclic) bond motifs is 1. The third-order valence-electron chi connectivity index (χ3n) is 6.32. The van der Waals surface area contributed by atoms with Gasteiger partial charge in [0.1, 0.15) is 12.9 Å². The number of benzene rings is 2. The van der Waals surface area contributed by atoms with Crippen molar-refractivity contribution in [2.75, 3.05) is 57.7 Å². The number of hydrogen-bond donors (Lipinski definition) is 1. The fourth-order valence-electron chi connectivity index (χ4n) is 4.37. The molecule has 0 spiro atoms. The van der Waals surface area contributed by atoms with Crippen molar-refractivity contribution in [1.82, 2.24) is 19.6 Å². The molecule has 2 aromatic carbocycles. The largest absolute Gasteiger partial charge is 0.496 e. The number of ether oxygens (including phenoxy) is 1. The number of piperazine rings is 1. The van der Waals surface area contributed by atoms with Gasteiger partial charge in [0.05, 0.1) is 23.4 Å². The minimum atomic E-state index is -0.344. The number of pyridine rings is 1. The lowest BCUT2D eigenvalue weighted by atomic mass is 10.1. The first-order valence-electron chi connectivity index (χ1n) is 11.6. The van der Waals surface area contributed by atoms with Gasteiger partial charge < -0.3 is 24.7 Å². The quantitative estimate of drug-likeness (QED) is 0.424. The Morgan fingerprint density at radius 3 is 2.39 bits per heavy atom. The maximum Gasteiger partial charge on any atom is 0.285 e. The fourth-order valence-corrected chi connectivity index (χ4v) is 4.62. The number of rotatable bonds is 6. The second-order valence-corrected chi connectivity index (χ2v) is 8.97. The van der Waals surface area contributed by atoms with Crippen molar-refractivity contribution in [3.63, 3.8) is 0 Å². The van der Waals surface area contributed by atoms with Crippen LogP contribution in [0.2, 0.25) is 5.02 Å². The number of nitrogens with zero attached hydrogens (tertiary/aromatic N) is 5. The molecule has 186 valence electrons. The average molecular weight is 507 g/mol. The Kier molecular flexibility index (Phi) is 6.67. The minimum absolute atomic E-state index is 0.295. The predicted octanol–water partition coefficient (Wildman–Crippen LogP) is 3.67. The zero-order valence-electron chi connectivity index (χ0n) is 20.4. The molecular formula is C26H27ClN6O3. The molecule has 0 saturated carbocycles. The van der Waals surface area contributed by atoms with Crippen molar-refractivity contribution in [2.45, 2.75) is 0 Å². The Balaban J connectivity index is 1.57. The summed E-state index contributed by atoms with van der Waals surface area (Å²) in [6.07, 6.45) is 0. The highest BCUT2D eigenvalue weighted by Gasteiger charge is 2.20. The van der Waals surface area contributed by atoms with E-state index in [1.54, 1.807) is 25.3 Å². The Labute approximate surface area is 213 Å². The highest BCUT2D eigenvalue weighted by Crippen LogP contribution is 2.39. The smallest absolute Gasteiger partial charge is 0.285 e. The predicted molar refractivity (Wildman–Crippen MR) is 143 cm³/mol. The van der Waals surface area contributed by atoms with Crippen LogP contribution < -0.4 is 25.4 Å². The second-order valence-electron chi connectivity index (χ2n) is 8.56. The van der Waals surface area contributed by atoms with Gasteiger partial charge in [-0.15, -0.1) is 4.73 Å². The van der Waals surface area contributed by atoms with E-state index in [4.69, 9.17) is 26.2 Å². The van der Waals surface area contributed by atoms with Crippen LogP contribution in [-0.4, -0.2) is 67.0 Å². The molecule has 36 heavy (non-hydrogen) atoms. The highest BCUT2D eigenvalue weighted by molar-refractivity contribution is 6.34. The van der Waals surface area contributed by atoms with E-state index >= 15 is 0 Å². The lowest BCUT2D eigenvalue weighted by molar-refractivity contribution is 0.167. The first-order chi connectivity index (χ1) is 17.5. The van der Waals surface area contributed by atoms with Crippen molar-refractivity contribution >= 4 is 40.0 Å². The van der Waals surface area contributed by atoms with Gasteiger partial charge in [-0.3, -0.25) is 4.79 Å². The average Bonchev–Trinajstić information content (AvgIpc) is 2.89. The molecule has 0 aliphatic carbocycles. The molecule has 10 heteroatoms. The van der Waals surface area contributed by atoms with Gasteiger partial charge in [-0.25, -0.2) is 4.98 Å². The van der Waals surface area contributed by atoms with Crippen molar-refractivity contribution in [2.24, 2.45) is 0 Å². The molecule has 0 amide bonds. The monoisotopic (exact) mass is 506 g/mol. The van der Waals surface area contributed by atoms with Gasteiger partial charge >= 0.3 is 0 Å². The van der Waals surface area contributed by atoms with Crippen molar-refractivity contribution in [3.05, 3.63) is 70.0 Å². The molecule has 3 heterocycles. The van der Waals surface area contributed by atoms with Gasteiger partial charge in [0.2, 0.25) is 5.95 Å². The molecule has 0 atom stereocenters. The first-order valence-corrected chi connectivity index (χ1v) is 12.0. The molecule has 9 nitrogen and oxygen atoms in total. The van der Waals surface area contributed by atoms with Gasteiger partial charge in [-0.2, -0.15) is 4.98 Å².